The van der Waals surface area contributed by atoms with Gasteiger partial charge in [0.1, 0.15) is 5.72 Å². The lowest BCUT2D eigenvalue weighted by Crippen LogP contribution is -2.41. The molecule has 2 rings (SSSR count). The minimum absolute atomic E-state index is 0.134. The van der Waals surface area contributed by atoms with Crippen molar-refractivity contribution in [2.45, 2.75) is 25.0 Å². The average Bonchev–Trinajstić information content (AvgIpc) is 2.59. The Morgan fingerprint density at radius 2 is 2.07 bits per heavy atom. The van der Waals surface area contributed by atoms with Gasteiger partial charge in [0.05, 0.1) is 0 Å². The molecule has 0 spiro atoms. The molecule has 0 amide bonds. The summed E-state index contributed by atoms with van der Waals surface area (Å²) in [6, 6.07) is 4.61. The van der Waals surface area contributed by atoms with Crippen LogP contribution in [0.2, 0.25) is 0 Å². The van der Waals surface area contributed by atoms with Crippen LogP contribution in [0.1, 0.15) is 18.4 Å². The molecule has 1 saturated heterocycles. The van der Waals surface area contributed by atoms with Crippen LogP contribution in [0.5, 0.6) is 11.5 Å². The van der Waals surface area contributed by atoms with Crippen LogP contribution in [0.25, 0.3) is 0 Å². The summed E-state index contributed by atoms with van der Waals surface area (Å²) in [6.07, 6.45) is 2.12. The number of hydrogen-bond donors (Lipinski definition) is 4. The molecule has 1 aliphatic heterocycles. The standard InChI is InChI=1S/C11H15NO3/c13-9-3-2-8(6-10(9)14)7-11(15)4-1-5-12-11/h2-3,6,12-15H,1,4-5,7H2. The van der Waals surface area contributed by atoms with E-state index < -0.39 is 5.72 Å². The summed E-state index contributed by atoms with van der Waals surface area (Å²) in [5.41, 5.74) is -0.0501. The average molecular weight is 209 g/mol. The van der Waals surface area contributed by atoms with Crippen molar-refractivity contribution in [3.8, 4) is 11.5 Å². The molecule has 1 fully saturated rings. The van der Waals surface area contributed by atoms with Crippen LogP contribution >= 0.6 is 0 Å². The third-order valence-electron chi connectivity index (χ3n) is 2.76. The second-order valence-corrected chi connectivity index (χ2v) is 4.06. The second-order valence-electron chi connectivity index (χ2n) is 4.06. The molecule has 1 atom stereocenters. The summed E-state index contributed by atoms with van der Waals surface area (Å²) >= 11 is 0. The van der Waals surface area contributed by atoms with E-state index >= 15 is 0 Å². The molecule has 0 aliphatic carbocycles. The molecule has 0 bridgehead atoms. The molecular weight excluding hydrogens is 194 g/mol. The molecule has 15 heavy (non-hydrogen) atoms. The molecule has 1 aromatic rings. The van der Waals surface area contributed by atoms with E-state index in [1.54, 1.807) is 6.07 Å². The van der Waals surface area contributed by atoms with Crippen LogP contribution in [-0.2, 0) is 6.42 Å². The van der Waals surface area contributed by atoms with Crippen molar-refractivity contribution < 1.29 is 15.3 Å². The molecule has 1 aromatic carbocycles. The summed E-state index contributed by atoms with van der Waals surface area (Å²) in [5.74, 6) is -0.279. The lowest BCUT2D eigenvalue weighted by molar-refractivity contribution is 0.0253. The van der Waals surface area contributed by atoms with Crippen molar-refractivity contribution in [1.82, 2.24) is 5.32 Å². The van der Waals surface area contributed by atoms with Crippen LogP contribution in [0.3, 0.4) is 0 Å². The van der Waals surface area contributed by atoms with Crippen molar-refractivity contribution in [2.75, 3.05) is 6.54 Å². The van der Waals surface area contributed by atoms with E-state index in [1.807, 2.05) is 0 Å². The predicted octanol–water partition coefficient (Wildman–Crippen LogP) is 0.712. The van der Waals surface area contributed by atoms with Crippen molar-refractivity contribution in [3.63, 3.8) is 0 Å². The molecule has 4 heteroatoms. The molecule has 4 N–H and O–H groups in total. The molecule has 1 heterocycles. The number of phenolic OH excluding ortho intramolecular Hbond substituents is 2. The number of hydrogen-bond acceptors (Lipinski definition) is 4. The Morgan fingerprint density at radius 1 is 1.27 bits per heavy atom. The highest BCUT2D eigenvalue weighted by atomic mass is 16.3. The number of phenols is 2. The van der Waals surface area contributed by atoms with Gasteiger partial charge in [-0.2, -0.15) is 0 Å². The Balaban J connectivity index is 2.13. The fourth-order valence-electron chi connectivity index (χ4n) is 1.96. The highest BCUT2D eigenvalue weighted by Gasteiger charge is 2.30. The molecule has 1 aliphatic rings. The summed E-state index contributed by atoms with van der Waals surface area (Å²) in [5, 5.41) is 31.5. The van der Waals surface area contributed by atoms with Gasteiger partial charge < -0.3 is 15.3 Å². The van der Waals surface area contributed by atoms with Gasteiger partial charge in [0.25, 0.3) is 0 Å². The summed E-state index contributed by atoms with van der Waals surface area (Å²) < 4.78 is 0. The van der Waals surface area contributed by atoms with Gasteiger partial charge in [-0.15, -0.1) is 0 Å². The predicted molar refractivity (Wildman–Crippen MR) is 55.7 cm³/mol. The summed E-state index contributed by atoms with van der Waals surface area (Å²) in [7, 11) is 0. The lowest BCUT2D eigenvalue weighted by atomic mass is 10.0. The third kappa shape index (κ3) is 2.22. The SMILES string of the molecule is Oc1ccc(CC2(O)CCCN2)cc1O. The maximum Gasteiger partial charge on any atom is 0.157 e. The van der Waals surface area contributed by atoms with Crippen LogP contribution in [0.4, 0.5) is 0 Å². The second kappa shape index (κ2) is 3.72. The number of rotatable bonds is 2. The first-order valence-electron chi connectivity index (χ1n) is 5.07. The number of aliphatic hydroxyl groups is 1. The Labute approximate surface area is 88.2 Å². The Bertz CT molecular complexity index is 359. The fraction of sp³-hybridized carbons (Fsp3) is 0.455. The van der Waals surface area contributed by atoms with Gasteiger partial charge in [0, 0.05) is 6.42 Å². The monoisotopic (exact) mass is 209 g/mol. The van der Waals surface area contributed by atoms with Crippen molar-refractivity contribution in [1.29, 1.82) is 0 Å². The van der Waals surface area contributed by atoms with Crippen LogP contribution < -0.4 is 5.32 Å². The first-order valence-corrected chi connectivity index (χ1v) is 5.07. The smallest absolute Gasteiger partial charge is 0.157 e. The van der Waals surface area contributed by atoms with E-state index in [0.717, 1.165) is 18.5 Å². The zero-order valence-electron chi connectivity index (χ0n) is 8.40. The Morgan fingerprint density at radius 3 is 2.67 bits per heavy atom. The third-order valence-corrected chi connectivity index (χ3v) is 2.76. The quantitative estimate of drug-likeness (QED) is 0.541. The topological polar surface area (TPSA) is 72.7 Å². The fourth-order valence-corrected chi connectivity index (χ4v) is 1.96. The zero-order chi connectivity index (χ0) is 10.9. The van der Waals surface area contributed by atoms with Crippen LogP contribution in [0, 0.1) is 0 Å². The number of benzene rings is 1. The number of aromatic hydroxyl groups is 2. The van der Waals surface area contributed by atoms with Gasteiger partial charge in [-0.1, -0.05) is 6.07 Å². The zero-order valence-corrected chi connectivity index (χ0v) is 8.40. The van der Waals surface area contributed by atoms with Crippen LogP contribution in [-0.4, -0.2) is 27.6 Å². The van der Waals surface area contributed by atoms with Crippen LogP contribution in [0.15, 0.2) is 18.2 Å². The normalized spacial score (nSPS) is 25.7. The summed E-state index contributed by atoms with van der Waals surface area (Å²) in [6.45, 7) is 0.820. The minimum atomic E-state index is -0.858. The van der Waals surface area contributed by atoms with E-state index in [0.29, 0.717) is 12.8 Å². The highest BCUT2D eigenvalue weighted by molar-refractivity contribution is 5.40. The van der Waals surface area contributed by atoms with Crippen molar-refractivity contribution in [2.24, 2.45) is 0 Å². The molecule has 82 valence electrons. The van der Waals surface area contributed by atoms with E-state index in [9.17, 15) is 10.2 Å². The van der Waals surface area contributed by atoms with Gasteiger partial charge in [-0.3, -0.25) is 5.32 Å². The Hall–Kier alpha value is -1.26. The van der Waals surface area contributed by atoms with Gasteiger partial charge in [-0.25, -0.2) is 0 Å². The van der Waals surface area contributed by atoms with Crippen molar-refractivity contribution >= 4 is 0 Å². The van der Waals surface area contributed by atoms with E-state index in [2.05, 4.69) is 5.32 Å². The first-order chi connectivity index (χ1) is 7.09. The minimum Gasteiger partial charge on any atom is -0.504 e. The molecular formula is C11H15NO3. The molecule has 1 unspecified atom stereocenters. The Kier molecular flexibility index (Phi) is 2.54. The molecule has 0 saturated carbocycles. The highest BCUT2D eigenvalue weighted by Crippen LogP contribution is 2.28. The van der Waals surface area contributed by atoms with E-state index in [1.165, 1.54) is 12.1 Å². The molecule has 0 radical (unpaired) electrons. The largest absolute Gasteiger partial charge is 0.504 e. The summed E-state index contributed by atoms with van der Waals surface area (Å²) in [4.78, 5) is 0. The van der Waals surface area contributed by atoms with Gasteiger partial charge in [0.2, 0.25) is 0 Å². The maximum atomic E-state index is 10.0. The molecule has 0 aromatic heterocycles. The van der Waals surface area contributed by atoms with E-state index in [-0.39, 0.29) is 11.5 Å². The van der Waals surface area contributed by atoms with E-state index in [4.69, 9.17) is 5.11 Å². The number of nitrogens with one attached hydrogen (secondary N) is 1. The maximum absolute atomic E-state index is 10.0. The van der Waals surface area contributed by atoms with Gasteiger partial charge >= 0.3 is 0 Å². The van der Waals surface area contributed by atoms with Gasteiger partial charge in [-0.05, 0) is 37.1 Å². The van der Waals surface area contributed by atoms with Gasteiger partial charge in [0.15, 0.2) is 11.5 Å². The lowest BCUT2D eigenvalue weighted by Gasteiger charge is -2.22. The molecule has 4 nitrogen and oxygen atoms in total. The first kappa shape index (κ1) is 10.3. The van der Waals surface area contributed by atoms with Crippen molar-refractivity contribution in [3.05, 3.63) is 23.8 Å².